The van der Waals surface area contributed by atoms with Gasteiger partial charge in [-0.25, -0.2) is 0 Å². The summed E-state index contributed by atoms with van der Waals surface area (Å²) in [5.41, 5.74) is 0.380. The molecule has 3 aromatic rings. The summed E-state index contributed by atoms with van der Waals surface area (Å²) in [6.45, 7) is 0. The van der Waals surface area contributed by atoms with Crippen molar-refractivity contribution >= 4 is 34.8 Å². The van der Waals surface area contributed by atoms with Crippen molar-refractivity contribution in [1.82, 2.24) is 0 Å². The Labute approximate surface area is 175 Å². The van der Waals surface area contributed by atoms with E-state index in [1.54, 1.807) is 36.4 Å². The fraction of sp³-hybridized carbons (Fsp3) is 0.0909. The molecule has 0 spiro atoms. The Balaban J connectivity index is 1.68. The van der Waals surface area contributed by atoms with Crippen molar-refractivity contribution in [2.24, 2.45) is 0 Å². The quantitative estimate of drug-likeness (QED) is 0.536. The minimum Gasteiger partial charge on any atom is -0.326 e. The first-order valence-corrected chi connectivity index (χ1v) is 9.22. The lowest BCUT2D eigenvalue weighted by Crippen LogP contribution is -2.16. The largest absolute Gasteiger partial charge is 0.416 e. The van der Waals surface area contributed by atoms with Gasteiger partial charge in [-0.3, -0.25) is 9.59 Å². The molecule has 0 radical (unpaired) electrons. The van der Waals surface area contributed by atoms with Gasteiger partial charge in [-0.15, -0.1) is 0 Å². The Morgan fingerprint density at radius 3 is 2.20 bits per heavy atom. The molecule has 2 amide bonds. The van der Waals surface area contributed by atoms with E-state index in [0.29, 0.717) is 16.3 Å². The zero-order chi connectivity index (χ0) is 21.7. The number of benzene rings is 3. The van der Waals surface area contributed by atoms with Gasteiger partial charge in [-0.05, 0) is 48.0 Å². The zero-order valence-corrected chi connectivity index (χ0v) is 16.2. The lowest BCUT2D eigenvalue weighted by atomic mass is 10.1. The molecule has 2 N–H and O–H groups in total. The van der Waals surface area contributed by atoms with Crippen LogP contribution >= 0.6 is 11.6 Å². The maximum absolute atomic E-state index is 12.8. The summed E-state index contributed by atoms with van der Waals surface area (Å²) in [6.07, 6.45) is -4.45. The predicted molar refractivity (Wildman–Crippen MR) is 110 cm³/mol. The number of halogens is 4. The molecule has 0 heterocycles. The van der Waals surface area contributed by atoms with Crippen LogP contribution in [0.4, 0.5) is 24.5 Å². The molecule has 0 saturated carbocycles. The zero-order valence-electron chi connectivity index (χ0n) is 15.5. The number of carbonyl (C=O) groups is 2. The van der Waals surface area contributed by atoms with E-state index in [0.717, 1.165) is 12.1 Å². The van der Waals surface area contributed by atoms with E-state index in [4.69, 9.17) is 11.6 Å². The number of anilines is 2. The molecule has 0 unspecified atom stereocenters. The average molecular weight is 433 g/mol. The Bertz CT molecular complexity index is 1080. The van der Waals surface area contributed by atoms with Crippen LogP contribution in [0.3, 0.4) is 0 Å². The molecule has 0 atom stereocenters. The lowest BCUT2D eigenvalue weighted by Gasteiger charge is -2.11. The van der Waals surface area contributed by atoms with Crippen molar-refractivity contribution in [2.75, 3.05) is 10.6 Å². The second-order valence-electron chi connectivity index (χ2n) is 6.43. The molecule has 30 heavy (non-hydrogen) atoms. The Morgan fingerprint density at radius 1 is 0.833 bits per heavy atom. The maximum Gasteiger partial charge on any atom is 0.416 e. The number of carbonyl (C=O) groups excluding carboxylic acids is 2. The van der Waals surface area contributed by atoms with Crippen LogP contribution in [-0.4, -0.2) is 11.8 Å². The molecule has 0 aliphatic carbocycles. The predicted octanol–water partition coefficient (Wildman–Crippen LogP) is 5.79. The van der Waals surface area contributed by atoms with Crippen LogP contribution in [0.1, 0.15) is 21.5 Å². The van der Waals surface area contributed by atoms with Crippen LogP contribution < -0.4 is 10.6 Å². The van der Waals surface area contributed by atoms with E-state index in [-0.39, 0.29) is 23.6 Å². The number of hydrogen-bond donors (Lipinski definition) is 2. The molecule has 154 valence electrons. The first-order chi connectivity index (χ1) is 14.2. The second kappa shape index (κ2) is 9.00. The van der Waals surface area contributed by atoms with Crippen molar-refractivity contribution < 1.29 is 22.8 Å². The minimum absolute atomic E-state index is 0.0167. The third-order valence-electron chi connectivity index (χ3n) is 4.17. The smallest absolute Gasteiger partial charge is 0.326 e. The third kappa shape index (κ3) is 5.61. The van der Waals surface area contributed by atoms with Gasteiger partial charge in [0.25, 0.3) is 5.91 Å². The van der Waals surface area contributed by atoms with E-state index in [9.17, 15) is 22.8 Å². The molecule has 0 aromatic heterocycles. The lowest BCUT2D eigenvalue weighted by molar-refractivity contribution is -0.137. The summed E-state index contributed by atoms with van der Waals surface area (Å²) in [4.78, 5) is 24.7. The van der Waals surface area contributed by atoms with E-state index < -0.39 is 17.6 Å². The number of hydrogen-bond acceptors (Lipinski definition) is 2. The minimum atomic E-state index is -4.51. The molecular formula is C22H16ClF3N2O2. The van der Waals surface area contributed by atoms with E-state index in [1.165, 1.54) is 24.3 Å². The monoisotopic (exact) mass is 432 g/mol. The summed E-state index contributed by atoms with van der Waals surface area (Å²) in [5, 5.41) is 5.58. The molecule has 0 saturated heterocycles. The van der Waals surface area contributed by atoms with Crippen molar-refractivity contribution in [3.8, 4) is 0 Å². The number of nitrogens with one attached hydrogen (secondary N) is 2. The van der Waals surface area contributed by atoms with Gasteiger partial charge in [-0.2, -0.15) is 13.2 Å². The highest BCUT2D eigenvalue weighted by atomic mass is 35.5. The number of amides is 2. The van der Waals surface area contributed by atoms with Crippen LogP contribution in [0, 0.1) is 0 Å². The van der Waals surface area contributed by atoms with Crippen LogP contribution in [-0.2, 0) is 17.4 Å². The van der Waals surface area contributed by atoms with Crippen molar-refractivity contribution in [3.63, 3.8) is 0 Å². The fourth-order valence-corrected chi connectivity index (χ4v) is 2.94. The van der Waals surface area contributed by atoms with E-state index in [1.807, 2.05) is 0 Å². The Hall–Kier alpha value is -3.32. The summed E-state index contributed by atoms with van der Waals surface area (Å²) in [7, 11) is 0. The number of rotatable bonds is 5. The highest BCUT2D eigenvalue weighted by molar-refractivity contribution is 6.31. The van der Waals surface area contributed by atoms with Crippen LogP contribution in [0.15, 0.2) is 72.8 Å². The third-order valence-corrected chi connectivity index (χ3v) is 4.53. The summed E-state index contributed by atoms with van der Waals surface area (Å²) < 4.78 is 38.5. The Kier molecular flexibility index (Phi) is 6.42. The van der Waals surface area contributed by atoms with Gasteiger partial charge in [0.15, 0.2) is 0 Å². The van der Waals surface area contributed by atoms with Gasteiger partial charge in [-0.1, -0.05) is 41.9 Å². The van der Waals surface area contributed by atoms with Gasteiger partial charge in [0, 0.05) is 22.0 Å². The van der Waals surface area contributed by atoms with Gasteiger partial charge in [0.1, 0.15) is 0 Å². The van der Waals surface area contributed by atoms with Gasteiger partial charge in [0.05, 0.1) is 12.0 Å². The van der Waals surface area contributed by atoms with Crippen molar-refractivity contribution in [2.45, 2.75) is 12.6 Å². The standard InChI is InChI=1S/C22H16ClF3N2O2/c23-19-10-2-1-5-14(19)12-20(29)27-17-8-3-6-15(11-17)21(30)28-18-9-4-7-16(13-18)22(24,25)26/h1-11,13H,12H2,(H,27,29)(H,28,30). The molecule has 0 bridgehead atoms. The maximum atomic E-state index is 12.8. The molecule has 0 aliphatic heterocycles. The highest BCUT2D eigenvalue weighted by Gasteiger charge is 2.30. The topological polar surface area (TPSA) is 58.2 Å². The number of alkyl halides is 3. The van der Waals surface area contributed by atoms with Gasteiger partial charge < -0.3 is 10.6 Å². The summed E-state index contributed by atoms with van der Waals surface area (Å²) in [5.74, 6) is -0.921. The second-order valence-corrected chi connectivity index (χ2v) is 6.84. The van der Waals surface area contributed by atoms with Gasteiger partial charge in [0.2, 0.25) is 5.91 Å². The fourth-order valence-electron chi connectivity index (χ4n) is 2.73. The molecule has 8 heteroatoms. The van der Waals surface area contributed by atoms with Gasteiger partial charge >= 0.3 is 6.18 Å². The summed E-state index contributed by atoms with van der Waals surface area (Å²) in [6, 6.07) is 17.4. The van der Waals surface area contributed by atoms with Crippen LogP contribution in [0.5, 0.6) is 0 Å². The van der Waals surface area contributed by atoms with Crippen molar-refractivity contribution in [1.29, 1.82) is 0 Å². The van der Waals surface area contributed by atoms with E-state index >= 15 is 0 Å². The SMILES string of the molecule is O=C(Cc1ccccc1Cl)Nc1cccc(C(=O)Nc2cccc(C(F)(F)F)c2)c1. The first kappa shape index (κ1) is 21.4. The molecule has 4 nitrogen and oxygen atoms in total. The first-order valence-electron chi connectivity index (χ1n) is 8.84. The molecule has 0 aliphatic rings. The molecular weight excluding hydrogens is 417 g/mol. The average Bonchev–Trinajstić information content (AvgIpc) is 2.69. The van der Waals surface area contributed by atoms with Crippen molar-refractivity contribution in [3.05, 3.63) is 94.5 Å². The summed E-state index contributed by atoms with van der Waals surface area (Å²) >= 11 is 6.05. The molecule has 3 aromatic carbocycles. The van der Waals surface area contributed by atoms with Crippen LogP contribution in [0.2, 0.25) is 5.02 Å². The molecule has 3 rings (SSSR count). The molecule has 0 fully saturated rings. The Morgan fingerprint density at radius 2 is 1.50 bits per heavy atom. The van der Waals surface area contributed by atoms with E-state index in [2.05, 4.69) is 10.6 Å². The highest BCUT2D eigenvalue weighted by Crippen LogP contribution is 2.30. The van der Waals surface area contributed by atoms with Crippen LogP contribution in [0.25, 0.3) is 0 Å². The normalized spacial score (nSPS) is 11.1.